The second kappa shape index (κ2) is 6.07. The lowest BCUT2D eigenvalue weighted by Crippen LogP contribution is -2.46. The van der Waals surface area contributed by atoms with Gasteiger partial charge in [0.2, 0.25) is 5.65 Å². The monoisotopic (exact) mass is 326 g/mol. The molecule has 0 amide bonds. The molecule has 124 valence electrons. The van der Waals surface area contributed by atoms with Crippen molar-refractivity contribution in [2.75, 3.05) is 36.0 Å². The van der Waals surface area contributed by atoms with Crippen LogP contribution in [-0.4, -0.2) is 46.0 Å². The third-order valence-electron chi connectivity index (χ3n) is 4.47. The van der Waals surface area contributed by atoms with Crippen molar-refractivity contribution in [2.45, 2.75) is 13.3 Å². The molecule has 0 atom stereocenters. The maximum Gasteiger partial charge on any atom is 0.200 e. The number of hydrogen-bond acceptors (Lipinski definition) is 5. The van der Waals surface area contributed by atoms with Gasteiger partial charge in [-0.2, -0.15) is 9.61 Å². The van der Waals surface area contributed by atoms with Crippen LogP contribution in [0.3, 0.4) is 0 Å². The molecule has 1 fully saturated rings. The Morgan fingerprint density at radius 1 is 1.04 bits per heavy atom. The molecule has 0 unspecified atom stereocenters. The van der Waals surface area contributed by atoms with E-state index in [4.69, 9.17) is 0 Å². The smallest absolute Gasteiger partial charge is 0.200 e. The molecule has 0 bridgehead atoms. The maximum absolute atomic E-state index is 13.1. The van der Waals surface area contributed by atoms with E-state index in [1.54, 1.807) is 10.8 Å². The molecule has 6 nitrogen and oxygen atoms in total. The lowest BCUT2D eigenvalue weighted by atomic mass is 10.2. The summed E-state index contributed by atoms with van der Waals surface area (Å²) in [6.07, 6.45) is 2.52. The summed E-state index contributed by atoms with van der Waals surface area (Å²) in [5.41, 5.74) is 3.96. The first kappa shape index (κ1) is 14.9. The molecule has 0 N–H and O–H groups in total. The van der Waals surface area contributed by atoms with E-state index in [2.05, 4.69) is 38.1 Å². The standard InChI is InChI=1S/C17H19FN6/c1-2-14-11-16(17-20-19-12-24(17)21-14)23-9-7-22(8-10-23)15-5-3-13(18)4-6-15/h3-6,11-12H,2,7-10H2,1H3. The predicted octanol–water partition coefficient (Wildman–Crippen LogP) is 2.15. The molecule has 1 aromatic carbocycles. The van der Waals surface area contributed by atoms with Gasteiger partial charge >= 0.3 is 0 Å². The number of halogens is 1. The minimum atomic E-state index is -0.199. The molecule has 7 heteroatoms. The van der Waals surface area contributed by atoms with Crippen LogP contribution >= 0.6 is 0 Å². The van der Waals surface area contributed by atoms with Gasteiger partial charge in [-0.25, -0.2) is 4.39 Å². The highest BCUT2D eigenvalue weighted by atomic mass is 19.1. The fraction of sp³-hybridized carbons (Fsp3) is 0.353. The maximum atomic E-state index is 13.1. The Kier molecular flexibility index (Phi) is 3.76. The Morgan fingerprint density at radius 3 is 2.46 bits per heavy atom. The second-order valence-corrected chi connectivity index (χ2v) is 5.92. The lowest BCUT2D eigenvalue weighted by Gasteiger charge is -2.37. The zero-order valence-electron chi connectivity index (χ0n) is 13.6. The highest BCUT2D eigenvalue weighted by molar-refractivity contribution is 5.69. The second-order valence-electron chi connectivity index (χ2n) is 5.92. The number of fused-ring (bicyclic) bond motifs is 1. The van der Waals surface area contributed by atoms with Crippen LogP contribution in [0.4, 0.5) is 15.8 Å². The molecular formula is C17H19FN6. The van der Waals surface area contributed by atoms with Gasteiger partial charge in [0, 0.05) is 31.9 Å². The van der Waals surface area contributed by atoms with E-state index in [1.165, 1.54) is 12.1 Å². The van der Waals surface area contributed by atoms with Gasteiger partial charge in [0.05, 0.1) is 11.4 Å². The molecule has 2 aromatic heterocycles. The van der Waals surface area contributed by atoms with Crippen LogP contribution < -0.4 is 9.80 Å². The van der Waals surface area contributed by atoms with E-state index in [-0.39, 0.29) is 5.82 Å². The van der Waals surface area contributed by atoms with Crippen molar-refractivity contribution in [3.8, 4) is 0 Å². The third kappa shape index (κ3) is 2.66. The first-order valence-electron chi connectivity index (χ1n) is 8.20. The van der Waals surface area contributed by atoms with Gasteiger partial charge < -0.3 is 9.80 Å². The summed E-state index contributed by atoms with van der Waals surface area (Å²) in [5.74, 6) is -0.199. The topological polar surface area (TPSA) is 49.6 Å². The van der Waals surface area contributed by atoms with Crippen LogP contribution in [-0.2, 0) is 6.42 Å². The normalized spacial score (nSPS) is 15.2. The van der Waals surface area contributed by atoms with Crippen LogP contribution in [0.1, 0.15) is 12.6 Å². The number of hydrogen-bond donors (Lipinski definition) is 0. The van der Waals surface area contributed by atoms with Gasteiger partial charge in [0.25, 0.3) is 0 Å². The first-order valence-corrected chi connectivity index (χ1v) is 8.20. The highest BCUT2D eigenvalue weighted by Gasteiger charge is 2.21. The number of rotatable bonds is 3. The minimum Gasteiger partial charge on any atom is -0.368 e. The SMILES string of the molecule is CCc1cc(N2CCN(c3ccc(F)cc3)CC2)c2nncn2n1. The minimum absolute atomic E-state index is 0.199. The Hall–Kier alpha value is -2.70. The summed E-state index contributed by atoms with van der Waals surface area (Å²) in [5, 5.41) is 12.7. The molecule has 0 radical (unpaired) electrons. The molecule has 3 aromatic rings. The summed E-state index contributed by atoms with van der Waals surface area (Å²) in [7, 11) is 0. The van der Waals surface area contributed by atoms with E-state index in [9.17, 15) is 4.39 Å². The van der Waals surface area contributed by atoms with Crippen molar-refractivity contribution in [3.63, 3.8) is 0 Å². The quantitative estimate of drug-likeness (QED) is 0.738. The first-order chi connectivity index (χ1) is 11.7. The van der Waals surface area contributed by atoms with Crippen LogP contribution in [0.15, 0.2) is 36.7 Å². The summed E-state index contributed by atoms with van der Waals surface area (Å²) in [4.78, 5) is 4.60. The van der Waals surface area contributed by atoms with Crippen LogP contribution in [0.25, 0.3) is 5.65 Å². The summed E-state index contributed by atoms with van der Waals surface area (Å²) in [6.45, 7) is 5.63. The number of aryl methyl sites for hydroxylation is 1. The zero-order chi connectivity index (χ0) is 16.5. The van der Waals surface area contributed by atoms with Crippen LogP contribution in [0, 0.1) is 5.82 Å². The molecule has 1 aliphatic heterocycles. The van der Waals surface area contributed by atoms with Crippen molar-refractivity contribution >= 4 is 17.0 Å². The highest BCUT2D eigenvalue weighted by Crippen LogP contribution is 2.24. The average molecular weight is 326 g/mol. The fourth-order valence-electron chi connectivity index (χ4n) is 3.12. The summed E-state index contributed by atoms with van der Waals surface area (Å²) >= 11 is 0. The fourth-order valence-corrected chi connectivity index (χ4v) is 3.12. The molecule has 3 heterocycles. The number of piperazine rings is 1. The molecule has 0 spiro atoms. The van der Waals surface area contributed by atoms with Crippen molar-refractivity contribution in [1.82, 2.24) is 19.8 Å². The van der Waals surface area contributed by atoms with Gasteiger partial charge in [0.1, 0.15) is 12.1 Å². The Bertz CT molecular complexity index is 836. The molecule has 24 heavy (non-hydrogen) atoms. The van der Waals surface area contributed by atoms with Crippen molar-refractivity contribution in [1.29, 1.82) is 0 Å². The lowest BCUT2D eigenvalue weighted by molar-refractivity contribution is 0.624. The van der Waals surface area contributed by atoms with Crippen LogP contribution in [0.2, 0.25) is 0 Å². The molecule has 0 saturated carbocycles. The number of benzene rings is 1. The van der Waals surface area contributed by atoms with Gasteiger partial charge in [-0.05, 0) is 36.8 Å². The molecule has 1 saturated heterocycles. The number of nitrogens with zero attached hydrogens (tertiary/aromatic N) is 6. The van der Waals surface area contributed by atoms with Gasteiger partial charge in [-0.1, -0.05) is 6.92 Å². The number of aromatic nitrogens is 4. The van der Waals surface area contributed by atoms with Crippen molar-refractivity contribution in [3.05, 3.63) is 48.2 Å². The predicted molar refractivity (Wildman–Crippen MR) is 91.0 cm³/mol. The largest absolute Gasteiger partial charge is 0.368 e. The summed E-state index contributed by atoms with van der Waals surface area (Å²) < 4.78 is 14.8. The van der Waals surface area contributed by atoms with E-state index in [0.717, 1.165) is 55.3 Å². The Morgan fingerprint density at radius 2 is 1.75 bits per heavy atom. The average Bonchev–Trinajstić information content (AvgIpc) is 3.10. The molecule has 1 aliphatic rings. The van der Waals surface area contributed by atoms with Crippen LogP contribution in [0.5, 0.6) is 0 Å². The van der Waals surface area contributed by atoms with E-state index in [0.29, 0.717) is 0 Å². The third-order valence-corrected chi connectivity index (χ3v) is 4.47. The molecule has 4 rings (SSSR count). The van der Waals surface area contributed by atoms with Gasteiger partial charge in [-0.15, -0.1) is 10.2 Å². The van der Waals surface area contributed by atoms with Crippen molar-refractivity contribution in [2.24, 2.45) is 0 Å². The number of anilines is 2. The molecular weight excluding hydrogens is 307 g/mol. The van der Waals surface area contributed by atoms with Crippen molar-refractivity contribution < 1.29 is 4.39 Å². The van der Waals surface area contributed by atoms with Gasteiger partial charge in [-0.3, -0.25) is 0 Å². The van der Waals surface area contributed by atoms with E-state index < -0.39 is 0 Å². The van der Waals surface area contributed by atoms with Gasteiger partial charge in [0.15, 0.2) is 0 Å². The Labute approximate surface area is 139 Å². The zero-order valence-corrected chi connectivity index (χ0v) is 13.6. The Balaban J connectivity index is 1.55. The molecule has 0 aliphatic carbocycles. The van der Waals surface area contributed by atoms with E-state index >= 15 is 0 Å². The summed E-state index contributed by atoms with van der Waals surface area (Å²) in [6, 6.07) is 8.81. The van der Waals surface area contributed by atoms with E-state index in [1.807, 2.05) is 12.1 Å².